The first kappa shape index (κ1) is 31.8. The van der Waals surface area contributed by atoms with Crippen LogP contribution in [0.1, 0.15) is 43.2 Å². The molecule has 11 rings (SSSR count). The summed E-state index contributed by atoms with van der Waals surface area (Å²) in [5.41, 5.74) is 15.1. The maximum Gasteiger partial charge on any atom is 0.164 e. The van der Waals surface area contributed by atoms with E-state index in [1.807, 2.05) is 36.4 Å². The lowest BCUT2D eigenvalue weighted by molar-refractivity contribution is 0.353. The van der Waals surface area contributed by atoms with Gasteiger partial charge >= 0.3 is 0 Å². The van der Waals surface area contributed by atoms with Gasteiger partial charge in [-0.05, 0) is 93.7 Å². The van der Waals surface area contributed by atoms with Crippen molar-refractivity contribution in [3.8, 4) is 67.5 Å². The molecule has 0 N–H and O–H groups in total. The SMILES string of the molecule is c1ccc(-c2ccc(-c3nc(-c4cccc(-c5ccc6c(c5)-c5ccccc5C65CCCCC5)c4)nc(-c4ccc5oc6ccccc6c5c4)n3)cc2)cc1. The maximum atomic E-state index is 6.16. The van der Waals surface area contributed by atoms with Crippen molar-refractivity contribution in [2.75, 3.05) is 0 Å². The van der Waals surface area contributed by atoms with Crippen LogP contribution in [0.15, 0.2) is 168 Å². The largest absolute Gasteiger partial charge is 0.456 e. The van der Waals surface area contributed by atoms with E-state index in [-0.39, 0.29) is 5.41 Å². The van der Waals surface area contributed by atoms with Crippen molar-refractivity contribution in [3.63, 3.8) is 0 Å². The highest BCUT2D eigenvalue weighted by molar-refractivity contribution is 6.06. The highest BCUT2D eigenvalue weighted by atomic mass is 16.3. The predicted octanol–water partition coefficient (Wildman–Crippen LogP) is 13.3. The third-order valence-corrected chi connectivity index (χ3v) is 11.9. The van der Waals surface area contributed by atoms with Gasteiger partial charge in [0.1, 0.15) is 11.2 Å². The summed E-state index contributed by atoms with van der Waals surface area (Å²) < 4.78 is 6.16. The minimum absolute atomic E-state index is 0.146. The first-order valence-electron chi connectivity index (χ1n) is 19.4. The Morgan fingerprint density at radius 1 is 0.364 bits per heavy atom. The molecular formula is C51H37N3O. The second-order valence-corrected chi connectivity index (χ2v) is 15.1. The molecule has 55 heavy (non-hydrogen) atoms. The van der Waals surface area contributed by atoms with Gasteiger partial charge in [-0.1, -0.05) is 147 Å². The van der Waals surface area contributed by atoms with E-state index >= 15 is 0 Å². The van der Waals surface area contributed by atoms with Crippen molar-refractivity contribution in [3.05, 3.63) is 175 Å². The minimum Gasteiger partial charge on any atom is -0.456 e. The third-order valence-electron chi connectivity index (χ3n) is 11.9. The third kappa shape index (κ3) is 5.32. The van der Waals surface area contributed by atoms with Crippen molar-refractivity contribution < 1.29 is 4.42 Å². The fraction of sp³-hybridized carbons (Fsp3) is 0.118. The molecule has 2 heterocycles. The molecule has 0 bridgehead atoms. The van der Waals surface area contributed by atoms with E-state index in [1.165, 1.54) is 65.5 Å². The van der Waals surface area contributed by atoms with Gasteiger partial charge in [-0.15, -0.1) is 0 Å². The summed E-state index contributed by atoms with van der Waals surface area (Å²) in [5.74, 6) is 1.89. The quantitative estimate of drug-likeness (QED) is 0.179. The molecule has 0 aliphatic heterocycles. The number of hydrogen-bond donors (Lipinski definition) is 0. The van der Waals surface area contributed by atoms with Gasteiger partial charge in [0.05, 0.1) is 0 Å². The maximum absolute atomic E-state index is 6.16. The molecule has 9 aromatic rings. The van der Waals surface area contributed by atoms with Crippen LogP contribution in [0.4, 0.5) is 0 Å². The lowest BCUT2D eigenvalue weighted by atomic mass is 9.68. The number of benzene rings is 7. The summed E-state index contributed by atoms with van der Waals surface area (Å²) in [6.07, 6.45) is 6.37. The first-order chi connectivity index (χ1) is 27.2. The van der Waals surface area contributed by atoms with Crippen molar-refractivity contribution in [2.45, 2.75) is 37.5 Å². The van der Waals surface area contributed by atoms with Gasteiger partial charge in [-0.25, -0.2) is 15.0 Å². The van der Waals surface area contributed by atoms with Crippen LogP contribution >= 0.6 is 0 Å². The Bertz CT molecular complexity index is 2900. The second kappa shape index (κ2) is 12.7. The van der Waals surface area contributed by atoms with Gasteiger partial charge in [0.2, 0.25) is 0 Å². The lowest BCUT2D eigenvalue weighted by Gasteiger charge is -2.36. The molecule has 1 saturated carbocycles. The molecule has 262 valence electrons. The number of aromatic nitrogens is 3. The van der Waals surface area contributed by atoms with Crippen LogP contribution < -0.4 is 0 Å². The summed E-state index contributed by atoms with van der Waals surface area (Å²) >= 11 is 0. The first-order valence-corrected chi connectivity index (χ1v) is 19.4. The van der Waals surface area contributed by atoms with Gasteiger partial charge in [0, 0.05) is 32.9 Å². The average molecular weight is 708 g/mol. The fourth-order valence-electron chi connectivity index (χ4n) is 9.25. The molecule has 2 aromatic heterocycles. The number of fused-ring (bicyclic) bond motifs is 8. The van der Waals surface area contributed by atoms with Crippen LogP contribution in [-0.2, 0) is 5.41 Å². The molecule has 4 heteroatoms. The van der Waals surface area contributed by atoms with Crippen LogP contribution in [0.3, 0.4) is 0 Å². The van der Waals surface area contributed by atoms with Crippen LogP contribution in [0.2, 0.25) is 0 Å². The molecule has 0 saturated heterocycles. The molecule has 0 unspecified atom stereocenters. The van der Waals surface area contributed by atoms with E-state index in [2.05, 4.69) is 127 Å². The van der Waals surface area contributed by atoms with E-state index in [1.54, 1.807) is 0 Å². The monoisotopic (exact) mass is 707 g/mol. The molecule has 0 radical (unpaired) electrons. The summed E-state index contributed by atoms with van der Waals surface area (Å²) in [7, 11) is 0. The molecule has 0 atom stereocenters. The number of hydrogen-bond acceptors (Lipinski definition) is 4. The zero-order valence-corrected chi connectivity index (χ0v) is 30.4. The van der Waals surface area contributed by atoms with E-state index in [0.717, 1.165) is 49.8 Å². The van der Waals surface area contributed by atoms with Gasteiger partial charge in [0.15, 0.2) is 17.5 Å². The van der Waals surface area contributed by atoms with E-state index in [0.29, 0.717) is 17.5 Å². The molecule has 2 aliphatic rings. The Labute approximate surface area is 320 Å². The smallest absolute Gasteiger partial charge is 0.164 e. The van der Waals surface area contributed by atoms with Crippen molar-refractivity contribution in [1.29, 1.82) is 0 Å². The number of rotatable bonds is 5. The second-order valence-electron chi connectivity index (χ2n) is 15.1. The molecule has 7 aromatic carbocycles. The Morgan fingerprint density at radius 2 is 0.927 bits per heavy atom. The van der Waals surface area contributed by atoms with Gasteiger partial charge < -0.3 is 4.42 Å². The van der Waals surface area contributed by atoms with E-state index in [4.69, 9.17) is 19.4 Å². The molecule has 2 aliphatic carbocycles. The molecule has 4 nitrogen and oxygen atoms in total. The molecule has 1 spiro atoms. The van der Waals surface area contributed by atoms with E-state index in [9.17, 15) is 0 Å². The minimum atomic E-state index is 0.146. The Morgan fingerprint density at radius 3 is 1.76 bits per heavy atom. The van der Waals surface area contributed by atoms with Crippen LogP contribution in [0.5, 0.6) is 0 Å². The number of para-hydroxylation sites is 1. The fourth-order valence-corrected chi connectivity index (χ4v) is 9.25. The standard InChI is InChI=1S/C51H37N3O/c1-3-12-33(13-4-1)34-20-22-35(23-21-34)48-52-49(54-50(53-48)39-25-27-47-43(32-39)41-17-6-8-19-46(41)55-47)38-15-11-14-36(30-38)37-24-26-45-42(31-37)40-16-5-7-18-44(40)51(45)28-9-2-10-29-51/h1,3-8,11-27,30-32H,2,9-10,28-29H2. The highest BCUT2D eigenvalue weighted by Gasteiger charge is 2.43. The van der Waals surface area contributed by atoms with Crippen molar-refractivity contribution in [1.82, 2.24) is 15.0 Å². The van der Waals surface area contributed by atoms with E-state index < -0.39 is 0 Å². The van der Waals surface area contributed by atoms with Crippen molar-refractivity contribution in [2.24, 2.45) is 0 Å². The number of nitrogens with zero attached hydrogens (tertiary/aromatic N) is 3. The van der Waals surface area contributed by atoms with Gasteiger partial charge in [-0.3, -0.25) is 0 Å². The number of furan rings is 1. The van der Waals surface area contributed by atoms with Crippen LogP contribution in [0.25, 0.3) is 89.5 Å². The zero-order chi connectivity index (χ0) is 36.3. The Hall–Kier alpha value is -6.65. The summed E-state index contributed by atoms with van der Waals surface area (Å²) in [6.45, 7) is 0. The Balaban J connectivity index is 1.03. The predicted molar refractivity (Wildman–Crippen MR) is 224 cm³/mol. The summed E-state index contributed by atoms with van der Waals surface area (Å²) in [4.78, 5) is 15.4. The normalized spacial score (nSPS) is 14.3. The summed E-state index contributed by atoms with van der Waals surface area (Å²) in [5, 5.41) is 2.11. The van der Waals surface area contributed by atoms with Gasteiger partial charge in [0.25, 0.3) is 0 Å². The molecule has 1 fully saturated rings. The topological polar surface area (TPSA) is 51.8 Å². The average Bonchev–Trinajstić information content (AvgIpc) is 3.76. The summed E-state index contributed by atoms with van der Waals surface area (Å²) in [6, 6.07) is 58.2. The van der Waals surface area contributed by atoms with Crippen molar-refractivity contribution >= 4 is 21.9 Å². The highest BCUT2D eigenvalue weighted by Crippen LogP contribution is 2.56. The van der Waals surface area contributed by atoms with Crippen LogP contribution in [0, 0.1) is 0 Å². The zero-order valence-electron chi connectivity index (χ0n) is 30.4. The molecule has 0 amide bonds. The van der Waals surface area contributed by atoms with Crippen LogP contribution in [-0.4, -0.2) is 15.0 Å². The Kier molecular flexibility index (Phi) is 7.38. The lowest BCUT2D eigenvalue weighted by Crippen LogP contribution is -2.27. The van der Waals surface area contributed by atoms with Gasteiger partial charge in [-0.2, -0.15) is 0 Å². The molecular weight excluding hydrogens is 671 g/mol.